The third-order valence-corrected chi connectivity index (χ3v) is 2.94. The first-order valence-corrected chi connectivity index (χ1v) is 5.50. The number of H-pyrrole nitrogens is 1. The number of aromatic amines is 1. The van der Waals surface area contributed by atoms with Crippen LogP contribution in [0, 0.1) is 5.41 Å². The van der Waals surface area contributed by atoms with Gasteiger partial charge < -0.3 is 10.8 Å². The van der Waals surface area contributed by atoms with E-state index < -0.39 is 0 Å². The van der Waals surface area contributed by atoms with Crippen molar-refractivity contribution in [3.8, 4) is 0 Å². The number of benzene rings is 2. The van der Waals surface area contributed by atoms with E-state index in [2.05, 4.69) is 15.3 Å². The summed E-state index contributed by atoms with van der Waals surface area (Å²) in [4.78, 5) is 3.33. The summed E-state index contributed by atoms with van der Waals surface area (Å²) < 4.78 is 0. The molecule has 3 rings (SSSR count). The fourth-order valence-corrected chi connectivity index (χ4v) is 2.11. The SMILES string of the molecule is N=C(N=NN)c1ccc2[nH]c3ccccc3c2c1. The largest absolute Gasteiger partial charge is 0.355 e. The molecule has 5 nitrogen and oxygen atoms in total. The van der Waals surface area contributed by atoms with E-state index in [4.69, 9.17) is 11.3 Å². The van der Waals surface area contributed by atoms with Gasteiger partial charge in [-0.15, -0.1) is 5.11 Å². The van der Waals surface area contributed by atoms with Gasteiger partial charge in [-0.1, -0.05) is 23.4 Å². The Labute approximate surface area is 103 Å². The van der Waals surface area contributed by atoms with Gasteiger partial charge >= 0.3 is 0 Å². The summed E-state index contributed by atoms with van der Waals surface area (Å²) in [5, 5.41) is 16.6. The second-order valence-electron chi connectivity index (χ2n) is 4.00. The Bertz CT molecular complexity index is 769. The number of rotatable bonds is 1. The Morgan fingerprint density at radius 1 is 1.06 bits per heavy atom. The molecule has 0 saturated heterocycles. The van der Waals surface area contributed by atoms with Gasteiger partial charge in [0.05, 0.1) is 0 Å². The van der Waals surface area contributed by atoms with E-state index in [1.165, 1.54) is 0 Å². The number of para-hydroxylation sites is 1. The molecular formula is C13H11N5. The highest BCUT2D eigenvalue weighted by Gasteiger charge is 2.06. The van der Waals surface area contributed by atoms with E-state index in [0.29, 0.717) is 5.56 Å². The molecule has 0 atom stereocenters. The summed E-state index contributed by atoms with van der Waals surface area (Å²) in [6, 6.07) is 13.7. The number of nitrogens with zero attached hydrogens (tertiary/aromatic N) is 2. The Morgan fingerprint density at radius 3 is 2.67 bits per heavy atom. The first kappa shape index (κ1) is 10.5. The minimum absolute atomic E-state index is 0.0599. The summed E-state index contributed by atoms with van der Waals surface area (Å²) >= 11 is 0. The van der Waals surface area contributed by atoms with Gasteiger partial charge in [0.25, 0.3) is 0 Å². The number of hydrogen-bond donors (Lipinski definition) is 3. The predicted octanol–water partition coefficient (Wildman–Crippen LogP) is 2.97. The topological polar surface area (TPSA) is 90.4 Å². The third-order valence-electron chi connectivity index (χ3n) is 2.94. The Hall–Kier alpha value is -2.69. The Balaban J connectivity index is 2.27. The highest BCUT2D eigenvalue weighted by Crippen LogP contribution is 2.26. The molecule has 1 aromatic heterocycles. The maximum Gasteiger partial charge on any atom is 0.176 e. The van der Waals surface area contributed by atoms with Crippen LogP contribution < -0.4 is 5.84 Å². The van der Waals surface area contributed by atoms with Gasteiger partial charge in [-0.05, 0) is 24.3 Å². The molecule has 5 heteroatoms. The highest BCUT2D eigenvalue weighted by atomic mass is 15.3. The van der Waals surface area contributed by atoms with Crippen molar-refractivity contribution >= 4 is 27.6 Å². The molecule has 0 aliphatic carbocycles. The molecule has 0 unspecified atom stereocenters. The molecule has 0 radical (unpaired) electrons. The molecule has 4 N–H and O–H groups in total. The van der Waals surface area contributed by atoms with Gasteiger partial charge in [0.15, 0.2) is 5.84 Å². The molecule has 18 heavy (non-hydrogen) atoms. The zero-order valence-corrected chi connectivity index (χ0v) is 9.51. The van der Waals surface area contributed by atoms with E-state index in [0.717, 1.165) is 21.8 Å². The van der Waals surface area contributed by atoms with Crippen LogP contribution in [0.4, 0.5) is 0 Å². The fourth-order valence-electron chi connectivity index (χ4n) is 2.11. The maximum absolute atomic E-state index is 7.72. The average molecular weight is 237 g/mol. The highest BCUT2D eigenvalue weighted by molar-refractivity contribution is 6.10. The molecule has 0 aliphatic heterocycles. The van der Waals surface area contributed by atoms with Crippen LogP contribution in [0.15, 0.2) is 52.8 Å². The molecule has 88 valence electrons. The molecule has 0 fully saturated rings. The van der Waals surface area contributed by atoms with Crippen molar-refractivity contribution in [2.24, 2.45) is 16.2 Å². The number of hydrogen-bond acceptors (Lipinski definition) is 2. The van der Waals surface area contributed by atoms with Crippen LogP contribution in [-0.2, 0) is 0 Å². The van der Waals surface area contributed by atoms with Crippen molar-refractivity contribution in [3.63, 3.8) is 0 Å². The van der Waals surface area contributed by atoms with Crippen LogP contribution in [0.5, 0.6) is 0 Å². The van der Waals surface area contributed by atoms with Gasteiger partial charge in [0, 0.05) is 27.4 Å². The normalized spacial score (nSPS) is 11.6. The lowest BCUT2D eigenvalue weighted by Gasteiger charge is -1.97. The van der Waals surface area contributed by atoms with E-state index in [-0.39, 0.29) is 5.84 Å². The van der Waals surface area contributed by atoms with Crippen LogP contribution in [0.25, 0.3) is 21.8 Å². The van der Waals surface area contributed by atoms with Gasteiger partial charge in [0.2, 0.25) is 0 Å². The molecule has 1 heterocycles. The average Bonchev–Trinajstić information content (AvgIpc) is 2.76. The standard InChI is InChI=1S/C13H11N5/c14-13(17-18-15)8-5-6-12-10(7-8)9-3-1-2-4-11(9)16-12/h1-7,16H,(H3,14,15,17). The molecule has 0 bridgehead atoms. The number of nitrogens with one attached hydrogen (secondary N) is 2. The molecular weight excluding hydrogens is 226 g/mol. The quantitative estimate of drug-likeness (QED) is 0.196. The predicted molar refractivity (Wildman–Crippen MR) is 71.7 cm³/mol. The molecule has 0 aliphatic rings. The smallest absolute Gasteiger partial charge is 0.176 e. The van der Waals surface area contributed by atoms with Gasteiger partial charge in [-0.2, -0.15) is 0 Å². The zero-order chi connectivity index (χ0) is 12.5. The summed E-state index contributed by atoms with van der Waals surface area (Å²) in [5.41, 5.74) is 2.82. The maximum atomic E-state index is 7.72. The van der Waals surface area contributed by atoms with Crippen molar-refractivity contribution in [1.82, 2.24) is 4.98 Å². The van der Waals surface area contributed by atoms with Crippen molar-refractivity contribution in [3.05, 3.63) is 48.0 Å². The zero-order valence-electron chi connectivity index (χ0n) is 9.51. The van der Waals surface area contributed by atoms with Crippen LogP contribution >= 0.6 is 0 Å². The number of aromatic nitrogens is 1. The second kappa shape index (κ2) is 3.96. The second-order valence-corrected chi connectivity index (χ2v) is 4.00. The van der Waals surface area contributed by atoms with E-state index in [1.807, 2.05) is 42.5 Å². The lowest BCUT2D eigenvalue weighted by Crippen LogP contribution is -1.94. The fraction of sp³-hybridized carbons (Fsp3) is 0. The molecule has 3 aromatic rings. The van der Waals surface area contributed by atoms with Crippen molar-refractivity contribution in [1.29, 1.82) is 5.41 Å². The lowest BCUT2D eigenvalue weighted by molar-refractivity contribution is 1.07. The van der Waals surface area contributed by atoms with Crippen LogP contribution in [0.2, 0.25) is 0 Å². The Morgan fingerprint density at radius 2 is 1.83 bits per heavy atom. The van der Waals surface area contributed by atoms with Crippen molar-refractivity contribution in [2.45, 2.75) is 0 Å². The number of fused-ring (bicyclic) bond motifs is 3. The first-order chi connectivity index (χ1) is 8.79. The minimum atomic E-state index is 0.0599. The van der Waals surface area contributed by atoms with Crippen LogP contribution in [0.1, 0.15) is 5.56 Å². The monoisotopic (exact) mass is 237 g/mol. The summed E-state index contributed by atoms with van der Waals surface area (Å²) in [6.45, 7) is 0. The number of nitrogens with two attached hydrogens (primary N) is 1. The first-order valence-electron chi connectivity index (χ1n) is 5.50. The van der Waals surface area contributed by atoms with E-state index in [1.54, 1.807) is 0 Å². The van der Waals surface area contributed by atoms with Gasteiger partial charge in [-0.25, -0.2) is 0 Å². The van der Waals surface area contributed by atoms with E-state index in [9.17, 15) is 0 Å². The summed E-state index contributed by atoms with van der Waals surface area (Å²) in [7, 11) is 0. The minimum Gasteiger partial charge on any atom is -0.355 e. The van der Waals surface area contributed by atoms with Crippen molar-refractivity contribution < 1.29 is 0 Å². The van der Waals surface area contributed by atoms with Crippen LogP contribution in [0.3, 0.4) is 0 Å². The third kappa shape index (κ3) is 1.53. The molecule has 0 saturated carbocycles. The summed E-state index contributed by atoms with van der Waals surface area (Å²) in [5.74, 6) is 5.02. The number of amidine groups is 1. The summed E-state index contributed by atoms with van der Waals surface area (Å²) in [6.07, 6.45) is 0. The van der Waals surface area contributed by atoms with Gasteiger partial charge in [-0.3, -0.25) is 5.41 Å². The van der Waals surface area contributed by atoms with E-state index >= 15 is 0 Å². The molecule has 0 amide bonds. The van der Waals surface area contributed by atoms with Crippen molar-refractivity contribution in [2.75, 3.05) is 0 Å². The molecule has 2 aromatic carbocycles. The molecule has 0 spiro atoms. The Kier molecular flexibility index (Phi) is 2.30. The van der Waals surface area contributed by atoms with Gasteiger partial charge in [0.1, 0.15) is 0 Å². The lowest BCUT2D eigenvalue weighted by atomic mass is 10.1. The van der Waals surface area contributed by atoms with Crippen LogP contribution in [-0.4, -0.2) is 10.8 Å².